The number of nitrogens with one attached hydrogen (secondary N) is 1. The van der Waals surface area contributed by atoms with Crippen LogP contribution in [0.4, 0.5) is 18.9 Å². The van der Waals surface area contributed by atoms with Crippen molar-refractivity contribution < 1.29 is 26.4 Å². The molecule has 9 heteroatoms. The first-order valence-corrected chi connectivity index (χ1v) is 8.11. The minimum Gasteiger partial charge on any atom is -0.321 e. The van der Waals surface area contributed by atoms with Gasteiger partial charge in [0.1, 0.15) is 5.69 Å². The molecule has 23 heavy (non-hydrogen) atoms. The summed E-state index contributed by atoms with van der Waals surface area (Å²) in [5, 5.41) is 2.38. The number of hydrogen-bond donors (Lipinski definition) is 1. The number of hydrogen-bond acceptors (Lipinski definition) is 4. The average Bonchev–Trinajstić information content (AvgIpc) is 2.46. The van der Waals surface area contributed by atoms with Gasteiger partial charge in [0.25, 0.3) is 5.91 Å². The van der Waals surface area contributed by atoms with Crippen molar-refractivity contribution in [1.82, 2.24) is 4.98 Å². The van der Waals surface area contributed by atoms with Crippen LogP contribution in [0.3, 0.4) is 0 Å². The zero-order chi connectivity index (χ0) is 17.3. The average molecular weight is 344 g/mol. The van der Waals surface area contributed by atoms with Gasteiger partial charge in [0, 0.05) is 18.1 Å². The third-order valence-electron chi connectivity index (χ3n) is 2.84. The summed E-state index contributed by atoms with van der Waals surface area (Å²) in [4.78, 5) is 15.4. The molecule has 0 fully saturated rings. The minimum absolute atomic E-state index is 0.00989. The first-order chi connectivity index (χ1) is 10.6. The van der Waals surface area contributed by atoms with Gasteiger partial charge >= 0.3 is 6.18 Å². The van der Waals surface area contributed by atoms with Gasteiger partial charge < -0.3 is 5.32 Å². The zero-order valence-electron chi connectivity index (χ0n) is 11.8. The summed E-state index contributed by atoms with van der Waals surface area (Å²) in [5.74, 6) is -0.746. The van der Waals surface area contributed by atoms with Gasteiger partial charge in [0.05, 0.1) is 10.5 Å². The highest BCUT2D eigenvalue weighted by Crippen LogP contribution is 2.28. The topological polar surface area (TPSA) is 76.1 Å². The smallest absolute Gasteiger partial charge is 0.321 e. The van der Waals surface area contributed by atoms with Gasteiger partial charge in [-0.15, -0.1) is 0 Å². The number of anilines is 1. The van der Waals surface area contributed by atoms with Crippen molar-refractivity contribution in [3.63, 3.8) is 0 Å². The van der Waals surface area contributed by atoms with Crippen molar-refractivity contribution in [3.05, 3.63) is 53.9 Å². The number of nitrogens with zero attached hydrogens (tertiary/aromatic N) is 1. The van der Waals surface area contributed by atoms with Crippen LogP contribution >= 0.6 is 0 Å². The van der Waals surface area contributed by atoms with Crippen molar-refractivity contribution in [2.24, 2.45) is 0 Å². The number of rotatable bonds is 3. The number of sulfone groups is 1. The minimum atomic E-state index is -4.54. The van der Waals surface area contributed by atoms with E-state index in [2.05, 4.69) is 10.3 Å². The molecule has 0 aliphatic heterocycles. The molecule has 0 bridgehead atoms. The quantitative estimate of drug-likeness (QED) is 0.929. The molecule has 0 spiro atoms. The molecule has 0 aliphatic rings. The fourth-order valence-electron chi connectivity index (χ4n) is 1.70. The van der Waals surface area contributed by atoms with E-state index in [9.17, 15) is 26.4 Å². The summed E-state index contributed by atoms with van der Waals surface area (Å²) in [6, 6.07) is 7.19. The second-order valence-electron chi connectivity index (χ2n) is 4.68. The van der Waals surface area contributed by atoms with Crippen LogP contribution in [-0.2, 0) is 16.0 Å². The lowest BCUT2D eigenvalue weighted by molar-refractivity contribution is -0.137. The third-order valence-corrected chi connectivity index (χ3v) is 3.95. The molecule has 1 aromatic carbocycles. The van der Waals surface area contributed by atoms with E-state index in [0.717, 1.165) is 18.4 Å². The second kappa shape index (κ2) is 5.99. The highest BCUT2D eigenvalue weighted by Gasteiger charge is 2.30. The van der Waals surface area contributed by atoms with Gasteiger partial charge in [0.2, 0.25) is 0 Å². The van der Waals surface area contributed by atoms with Crippen molar-refractivity contribution in [1.29, 1.82) is 0 Å². The molecule has 1 N–H and O–H groups in total. The number of carbonyl (C=O) groups is 1. The lowest BCUT2D eigenvalue weighted by Crippen LogP contribution is -2.15. The first-order valence-electron chi connectivity index (χ1n) is 6.22. The number of amides is 1. The molecule has 0 atom stereocenters. The zero-order valence-corrected chi connectivity index (χ0v) is 12.6. The van der Waals surface area contributed by atoms with Crippen LogP contribution in [-0.4, -0.2) is 25.6 Å². The van der Waals surface area contributed by atoms with Crippen molar-refractivity contribution in [2.45, 2.75) is 11.1 Å². The molecule has 0 unspecified atom stereocenters. The van der Waals surface area contributed by atoms with Crippen LogP contribution in [0.15, 0.2) is 47.5 Å². The molecule has 0 radical (unpaired) electrons. The summed E-state index contributed by atoms with van der Waals surface area (Å²) in [5.41, 5.74) is -0.990. The molecule has 0 saturated carbocycles. The molecule has 1 aromatic heterocycles. The van der Waals surface area contributed by atoms with Crippen molar-refractivity contribution in [3.8, 4) is 0 Å². The van der Waals surface area contributed by atoms with Crippen LogP contribution in [0.5, 0.6) is 0 Å². The van der Waals surface area contributed by atoms with Crippen molar-refractivity contribution >= 4 is 21.4 Å². The highest BCUT2D eigenvalue weighted by atomic mass is 32.2. The van der Waals surface area contributed by atoms with Crippen molar-refractivity contribution in [2.75, 3.05) is 11.6 Å². The Morgan fingerprint density at radius 2 is 1.87 bits per heavy atom. The molecule has 1 amide bonds. The summed E-state index contributed by atoms with van der Waals surface area (Å²) in [6.45, 7) is 0. The Hall–Kier alpha value is -2.42. The molecular formula is C14H11F3N2O3S. The van der Waals surface area contributed by atoms with Gasteiger partial charge in [-0.1, -0.05) is 6.07 Å². The van der Waals surface area contributed by atoms with E-state index in [1.54, 1.807) is 0 Å². The van der Waals surface area contributed by atoms with E-state index in [4.69, 9.17) is 0 Å². The van der Waals surface area contributed by atoms with E-state index >= 15 is 0 Å². The normalized spacial score (nSPS) is 12.0. The predicted molar refractivity (Wildman–Crippen MR) is 76.7 cm³/mol. The number of alkyl halides is 3. The molecular weight excluding hydrogens is 333 g/mol. The first kappa shape index (κ1) is 16.9. The standard InChI is InChI=1S/C14H11F3N2O3S/c1-23(21,22)11-4-2-3-10(7-11)19-13(20)12-6-5-9(8-18-12)14(15,16)17/h2-8H,1H3,(H,19,20). The second-order valence-corrected chi connectivity index (χ2v) is 6.70. The lowest BCUT2D eigenvalue weighted by atomic mass is 10.2. The van der Waals surface area contributed by atoms with E-state index in [0.29, 0.717) is 6.20 Å². The third kappa shape index (κ3) is 4.28. The Kier molecular flexibility index (Phi) is 4.42. The Bertz CT molecular complexity index is 831. The fourth-order valence-corrected chi connectivity index (χ4v) is 2.36. The van der Waals surface area contributed by atoms with Crippen LogP contribution in [0.25, 0.3) is 0 Å². The number of aromatic nitrogens is 1. The molecule has 0 aliphatic carbocycles. The molecule has 122 valence electrons. The maximum absolute atomic E-state index is 12.4. The maximum atomic E-state index is 12.4. The van der Waals surface area contributed by atoms with Gasteiger partial charge in [-0.3, -0.25) is 9.78 Å². The van der Waals surface area contributed by atoms with Crippen LogP contribution in [0.1, 0.15) is 16.1 Å². The fraction of sp³-hybridized carbons (Fsp3) is 0.143. The van der Waals surface area contributed by atoms with Crippen LogP contribution < -0.4 is 5.32 Å². The number of halogens is 3. The number of benzene rings is 1. The van der Waals surface area contributed by atoms with Gasteiger partial charge in [-0.2, -0.15) is 13.2 Å². The molecule has 0 saturated heterocycles. The Morgan fingerprint density at radius 3 is 2.39 bits per heavy atom. The Labute approximate surface area is 130 Å². The van der Waals surface area contributed by atoms with Gasteiger partial charge in [-0.25, -0.2) is 8.42 Å². The summed E-state index contributed by atoms with van der Waals surface area (Å²) in [7, 11) is -3.44. The predicted octanol–water partition coefficient (Wildman–Crippen LogP) is 2.76. The monoisotopic (exact) mass is 344 g/mol. The lowest BCUT2D eigenvalue weighted by Gasteiger charge is -2.08. The molecule has 2 rings (SSSR count). The Morgan fingerprint density at radius 1 is 1.17 bits per heavy atom. The van der Waals surface area contributed by atoms with Gasteiger partial charge in [0.15, 0.2) is 9.84 Å². The van der Waals surface area contributed by atoms with Crippen LogP contribution in [0.2, 0.25) is 0 Å². The number of carbonyl (C=O) groups excluding carboxylic acids is 1. The summed E-state index contributed by atoms with van der Waals surface area (Å²) >= 11 is 0. The molecule has 2 aromatic rings. The van der Waals surface area contributed by atoms with Crippen LogP contribution in [0, 0.1) is 0 Å². The largest absolute Gasteiger partial charge is 0.417 e. The molecule has 1 heterocycles. The van der Waals surface area contributed by atoms with Gasteiger partial charge in [-0.05, 0) is 30.3 Å². The Balaban J connectivity index is 2.20. The highest BCUT2D eigenvalue weighted by molar-refractivity contribution is 7.90. The maximum Gasteiger partial charge on any atom is 0.417 e. The van der Waals surface area contributed by atoms with E-state index in [1.165, 1.54) is 24.3 Å². The summed E-state index contributed by atoms with van der Waals surface area (Å²) in [6.07, 6.45) is -2.96. The molecule has 5 nitrogen and oxygen atoms in total. The number of pyridine rings is 1. The SMILES string of the molecule is CS(=O)(=O)c1cccc(NC(=O)c2ccc(C(F)(F)F)cn2)c1. The van der Waals surface area contributed by atoms with E-state index in [1.807, 2.05) is 0 Å². The van der Waals surface area contributed by atoms with E-state index in [-0.39, 0.29) is 16.3 Å². The van der Waals surface area contributed by atoms with E-state index < -0.39 is 27.5 Å². The summed E-state index contributed by atoms with van der Waals surface area (Å²) < 4.78 is 60.2.